The first-order chi connectivity index (χ1) is 27.8. The molecular weight excluding hydrogens is 727 g/mol. The maximum Gasteiger partial charge on any atom is 0.267 e. The number of allylic oxidation sites excluding steroid dienone is 7. The molecule has 0 aromatic rings. The lowest BCUT2D eigenvalue weighted by Crippen LogP contribution is -2.46. The number of aliphatic hydroxyl groups is 1. The molecule has 0 aliphatic heterocycles. The number of carbonyl (C=O) groups excluding carboxylic acids is 1. The van der Waals surface area contributed by atoms with E-state index < -0.39 is 28.0 Å². The Morgan fingerprint density at radius 2 is 0.789 bits per heavy atom. The summed E-state index contributed by atoms with van der Waals surface area (Å²) in [6, 6.07) is -1.06. The highest BCUT2D eigenvalue weighted by atomic mass is 32.2. The Labute approximate surface area is 354 Å². The van der Waals surface area contributed by atoms with Gasteiger partial charge in [-0.25, -0.2) is 0 Å². The van der Waals surface area contributed by atoms with Crippen molar-refractivity contribution >= 4 is 16.0 Å². The quantitative estimate of drug-likeness (QED) is 0.0323. The zero-order chi connectivity index (χ0) is 41.8. The van der Waals surface area contributed by atoms with Crippen molar-refractivity contribution in [2.24, 2.45) is 0 Å². The monoisotopic (exact) mass is 820 g/mol. The predicted molar refractivity (Wildman–Crippen MR) is 248 cm³/mol. The molecule has 0 heterocycles. The van der Waals surface area contributed by atoms with Crippen LogP contribution in [0.2, 0.25) is 0 Å². The van der Waals surface area contributed by atoms with Gasteiger partial charge in [-0.1, -0.05) is 229 Å². The lowest BCUT2D eigenvalue weighted by atomic mass is 10.0. The Morgan fingerprint density at radius 3 is 1.16 bits per heavy atom. The van der Waals surface area contributed by atoms with Crippen molar-refractivity contribution < 1.29 is 22.9 Å². The molecule has 57 heavy (non-hydrogen) atoms. The van der Waals surface area contributed by atoms with Crippen LogP contribution in [0.1, 0.15) is 245 Å². The van der Waals surface area contributed by atoms with E-state index in [9.17, 15) is 22.9 Å². The van der Waals surface area contributed by atoms with Crippen LogP contribution in [-0.2, 0) is 14.9 Å². The minimum atomic E-state index is -4.35. The van der Waals surface area contributed by atoms with Crippen molar-refractivity contribution in [2.75, 3.05) is 5.75 Å². The van der Waals surface area contributed by atoms with Crippen molar-refractivity contribution in [1.82, 2.24) is 5.32 Å². The number of aliphatic hydroxyl groups excluding tert-OH is 1. The van der Waals surface area contributed by atoms with E-state index in [0.29, 0.717) is 0 Å². The molecule has 2 atom stereocenters. The van der Waals surface area contributed by atoms with Crippen LogP contribution in [0.15, 0.2) is 48.6 Å². The Kier molecular flexibility index (Phi) is 42.6. The number of carbonyl (C=O) groups is 1. The molecule has 0 aromatic carbocycles. The summed E-state index contributed by atoms with van der Waals surface area (Å²) in [5, 5.41) is 13.3. The number of hydrogen-bond acceptors (Lipinski definition) is 4. The minimum absolute atomic E-state index is 0.284. The molecule has 6 nitrogen and oxygen atoms in total. The fraction of sp³-hybridized carbons (Fsp3) is 0.820. The Morgan fingerprint density at radius 1 is 0.474 bits per heavy atom. The smallest absolute Gasteiger partial charge is 0.267 e. The number of nitrogens with one attached hydrogen (secondary N) is 1. The highest BCUT2D eigenvalue weighted by Gasteiger charge is 2.24. The predicted octanol–water partition coefficient (Wildman–Crippen LogP) is 15.0. The van der Waals surface area contributed by atoms with Crippen LogP contribution < -0.4 is 5.32 Å². The third-order valence-corrected chi connectivity index (χ3v) is 11.8. The van der Waals surface area contributed by atoms with Crippen molar-refractivity contribution in [3.05, 3.63) is 48.6 Å². The van der Waals surface area contributed by atoms with Gasteiger partial charge in [-0.2, -0.15) is 8.42 Å². The van der Waals surface area contributed by atoms with Crippen LogP contribution in [0.3, 0.4) is 0 Å². The number of unbranched alkanes of at least 4 members (excludes halogenated alkanes) is 30. The second-order valence-corrected chi connectivity index (χ2v) is 18.2. The van der Waals surface area contributed by atoms with E-state index in [1.54, 1.807) is 6.08 Å². The maximum absolute atomic E-state index is 12.6. The summed E-state index contributed by atoms with van der Waals surface area (Å²) in [4.78, 5) is 12.6. The first-order valence-corrected chi connectivity index (χ1v) is 25.9. The van der Waals surface area contributed by atoms with Gasteiger partial charge in [-0.15, -0.1) is 0 Å². The molecule has 2 unspecified atom stereocenters. The van der Waals surface area contributed by atoms with Crippen molar-refractivity contribution in [1.29, 1.82) is 0 Å². The molecule has 7 heteroatoms. The first kappa shape index (κ1) is 55.3. The van der Waals surface area contributed by atoms with Gasteiger partial charge in [0.2, 0.25) is 5.91 Å². The van der Waals surface area contributed by atoms with Crippen LogP contribution >= 0.6 is 0 Å². The fourth-order valence-corrected chi connectivity index (χ4v) is 8.07. The average molecular weight is 820 g/mol. The molecule has 0 aromatic heterocycles. The Balaban J connectivity index is 3.85. The van der Waals surface area contributed by atoms with Gasteiger partial charge in [0, 0.05) is 6.42 Å². The van der Waals surface area contributed by atoms with Gasteiger partial charge < -0.3 is 10.4 Å². The normalized spacial score (nSPS) is 13.5. The number of hydrogen-bond donors (Lipinski definition) is 3. The highest BCUT2D eigenvalue weighted by Crippen LogP contribution is 2.15. The summed E-state index contributed by atoms with van der Waals surface area (Å²) in [6.07, 6.45) is 59.6. The lowest BCUT2D eigenvalue weighted by molar-refractivity contribution is -0.122. The highest BCUT2D eigenvalue weighted by molar-refractivity contribution is 7.85. The maximum atomic E-state index is 12.6. The van der Waals surface area contributed by atoms with Crippen LogP contribution in [0.5, 0.6) is 0 Å². The van der Waals surface area contributed by atoms with E-state index in [4.69, 9.17) is 0 Å². The van der Waals surface area contributed by atoms with Crippen molar-refractivity contribution in [3.63, 3.8) is 0 Å². The standard InChI is InChI=1S/C50H93NO5S/c1-3-5-7-9-11-13-15-17-19-21-23-24-25-26-28-30-32-34-36-38-40-42-44-46-50(53)51-48(47-57(54,55)56)49(52)45-43-41-39-37-35-33-31-29-27-22-20-18-16-14-12-10-8-6-4-2/h15,17,21,23,25-26,43,45,48-49,52H,3-14,16,18-20,22,24,27-42,44,46-47H2,1-2H3,(H,51,53)(H,54,55,56)/b17-15-,23-21-,26-25-,45-43+. The molecule has 0 radical (unpaired) electrons. The summed E-state index contributed by atoms with van der Waals surface area (Å²) in [6.45, 7) is 4.53. The molecule has 0 saturated heterocycles. The molecule has 0 spiro atoms. The van der Waals surface area contributed by atoms with Gasteiger partial charge in [0.1, 0.15) is 0 Å². The Hall–Kier alpha value is -1.70. The molecule has 3 N–H and O–H groups in total. The topological polar surface area (TPSA) is 104 Å². The van der Waals surface area contributed by atoms with Gasteiger partial charge in [0.05, 0.1) is 17.9 Å². The van der Waals surface area contributed by atoms with Crippen molar-refractivity contribution in [3.8, 4) is 0 Å². The molecule has 1 amide bonds. The van der Waals surface area contributed by atoms with Crippen molar-refractivity contribution in [2.45, 2.75) is 257 Å². The Bertz CT molecular complexity index is 1080. The van der Waals surface area contributed by atoms with Gasteiger partial charge in [0.25, 0.3) is 10.1 Å². The van der Waals surface area contributed by atoms with Crippen LogP contribution in [-0.4, -0.2) is 41.9 Å². The van der Waals surface area contributed by atoms with E-state index in [1.807, 2.05) is 6.08 Å². The van der Waals surface area contributed by atoms with E-state index in [0.717, 1.165) is 64.2 Å². The largest absolute Gasteiger partial charge is 0.387 e. The van der Waals surface area contributed by atoms with Gasteiger partial charge >= 0.3 is 0 Å². The molecule has 0 fully saturated rings. The SMILES string of the molecule is CCCCCCC/C=C\C/C=C\C/C=C\CCCCCCCCCCC(=O)NC(CS(=O)(=O)O)C(O)/C=C/CCCCCCCCCCCCCCCCCCC. The molecule has 0 saturated carbocycles. The number of amides is 1. The van der Waals surface area contributed by atoms with Gasteiger partial charge in [-0.3, -0.25) is 9.35 Å². The molecule has 334 valence electrons. The van der Waals surface area contributed by atoms with Crippen LogP contribution in [0.4, 0.5) is 0 Å². The van der Waals surface area contributed by atoms with Gasteiger partial charge in [0.15, 0.2) is 0 Å². The fourth-order valence-electron chi connectivity index (χ4n) is 7.34. The van der Waals surface area contributed by atoms with Crippen LogP contribution in [0.25, 0.3) is 0 Å². The number of rotatable bonds is 44. The second-order valence-electron chi connectivity index (χ2n) is 16.7. The summed E-state index contributed by atoms with van der Waals surface area (Å²) < 4.78 is 32.6. The van der Waals surface area contributed by atoms with E-state index in [1.165, 1.54) is 161 Å². The minimum Gasteiger partial charge on any atom is -0.387 e. The van der Waals surface area contributed by atoms with E-state index in [2.05, 4.69) is 55.6 Å². The molecule has 0 bridgehead atoms. The summed E-state index contributed by atoms with van der Waals surface area (Å²) >= 11 is 0. The van der Waals surface area contributed by atoms with Gasteiger partial charge in [-0.05, 0) is 57.8 Å². The third-order valence-electron chi connectivity index (χ3n) is 11.0. The zero-order valence-corrected chi connectivity index (χ0v) is 38.3. The van der Waals surface area contributed by atoms with E-state index in [-0.39, 0.29) is 12.3 Å². The summed E-state index contributed by atoms with van der Waals surface area (Å²) in [5.74, 6) is -0.985. The zero-order valence-electron chi connectivity index (χ0n) is 37.5. The second kappa shape index (κ2) is 43.9. The first-order valence-electron chi connectivity index (χ1n) is 24.3. The third kappa shape index (κ3) is 45.2. The summed E-state index contributed by atoms with van der Waals surface area (Å²) in [5.41, 5.74) is 0. The average Bonchev–Trinajstić information content (AvgIpc) is 3.18. The van der Waals surface area contributed by atoms with E-state index >= 15 is 0 Å². The molecule has 0 aliphatic rings. The lowest BCUT2D eigenvalue weighted by Gasteiger charge is -2.21. The summed E-state index contributed by atoms with van der Waals surface area (Å²) in [7, 11) is -4.35. The molecule has 0 rings (SSSR count). The molecule has 0 aliphatic carbocycles. The van der Waals surface area contributed by atoms with Crippen LogP contribution in [0, 0.1) is 0 Å². The molecular formula is C50H93NO5S.